The van der Waals surface area contributed by atoms with Crippen molar-refractivity contribution in [3.8, 4) is 5.75 Å². The number of alkyl halides is 4. The Morgan fingerprint density at radius 1 is 1.40 bits per heavy atom. The van der Waals surface area contributed by atoms with Gasteiger partial charge in [-0.2, -0.15) is 13.2 Å². The molecule has 0 aliphatic rings. The molecule has 0 fully saturated rings. The Hall–Kier alpha value is -2.19. The van der Waals surface area contributed by atoms with Crippen LogP contribution in [-0.4, -0.2) is 36.1 Å². The molecule has 0 aliphatic carbocycles. The highest BCUT2D eigenvalue weighted by Gasteiger charge is 2.40. The van der Waals surface area contributed by atoms with E-state index in [4.69, 9.17) is 10.5 Å². The number of aliphatic hydroxyl groups excluding tert-OH is 1. The van der Waals surface area contributed by atoms with Crippen LogP contribution in [0.3, 0.4) is 0 Å². The zero-order valence-corrected chi connectivity index (χ0v) is 13.6. The van der Waals surface area contributed by atoms with Crippen molar-refractivity contribution in [3.63, 3.8) is 0 Å². The maximum absolute atomic E-state index is 12.7. The summed E-state index contributed by atoms with van der Waals surface area (Å²) in [7, 11) is 0. The maximum Gasteiger partial charge on any atom is 0.420 e. The normalized spacial score (nSPS) is 14.4. The topological polar surface area (TPSA) is 68.4 Å². The van der Waals surface area contributed by atoms with E-state index in [0.29, 0.717) is 5.57 Å². The number of aromatic nitrogens is 1. The Kier molecular flexibility index (Phi) is 8.30. The SMILES string of the molecule is C\C=C/C(=C\C=C\CF)c1nc(C(O)C(F)(F)F)ccc1OCCN. The minimum Gasteiger partial charge on any atom is -0.490 e. The van der Waals surface area contributed by atoms with Crippen molar-refractivity contribution in [1.29, 1.82) is 0 Å². The van der Waals surface area contributed by atoms with E-state index in [1.54, 1.807) is 19.1 Å². The van der Waals surface area contributed by atoms with Gasteiger partial charge in [0.15, 0.2) is 6.10 Å². The second-order valence-corrected chi connectivity index (χ2v) is 4.87. The fourth-order valence-electron chi connectivity index (χ4n) is 1.89. The average Bonchev–Trinajstić information content (AvgIpc) is 2.58. The van der Waals surface area contributed by atoms with Gasteiger partial charge in [-0.25, -0.2) is 9.37 Å². The first-order valence-corrected chi connectivity index (χ1v) is 7.49. The summed E-state index contributed by atoms with van der Waals surface area (Å²) in [6.45, 7) is 1.37. The minimum atomic E-state index is -4.84. The Morgan fingerprint density at radius 3 is 2.68 bits per heavy atom. The standard InChI is InChI=1S/C17H20F4N2O2/c1-2-5-12(6-3-4-9-18)15-14(25-11-10-22)8-7-13(23-15)16(24)17(19,20)21/h2-8,16,24H,9-11,22H2,1H3/b4-3+,5-2-,12-6+. The van der Waals surface area contributed by atoms with Crippen molar-refractivity contribution < 1.29 is 27.4 Å². The highest BCUT2D eigenvalue weighted by Crippen LogP contribution is 2.34. The molecule has 0 aliphatic heterocycles. The third kappa shape index (κ3) is 6.32. The molecule has 0 amide bonds. The largest absolute Gasteiger partial charge is 0.490 e. The molecule has 0 aromatic carbocycles. The molecule has 138 valence electrons. The van der Waals surface area contributed by atoms with Gasteiger partial charge >= 0.3 is 6.18 Å². The Labute approximate surface area is 143 Å². The van der Waals surface area contributed by atoms with Crippen LogP contribution in [0.1, 0.15) is 24.4 Å². The molecule has 0 saturated carbocycles. The molecule has 1 aromatic heterocycles. The van der Waals surface area contributed by atoms with Crippen LogP contribution in [0.4, 0.5) is 17.6 Å². The van der Waals surface area contributed by atoms with Crippen LogP contribution in [0.2, 0.25) is 0 Å². The van der Waals surface area contributed by atoms with Gasteiger partial charge in [0.1, 0.15) is 24.7 Å². The smallest absolute Gasteiger partial charge is 0.420 e. The number of ether oxygens (including phenoxy) is 1. The predicted molar refractivity (Wildman–Crippen MR) is 87.7 cm³/mol. The molecule has 3 N–H and O–H groups in total. The zero-order chi connectivity index (χ0) is 18.9. The second kappa shape index (κ2) is 9.95. The number of aliphatic hydroxyl groups is 1. The van der Waals surface area contributed by atoms with E-state index >= 15 is 0 Å². The van der Waals surface area contributed by atoms with Gasteiger partial charge in [-0.1, -0.05) is 30.4 Å². The lowest BCUT2D eigenvalue weighted by atomic mass is 10.1. The van der Waals surface area contributed by atoms with E-state index in [9.17, 15) is 22.7 Å². The molecule has 0 saturated heterocycles. The van der Waals surface area contributed by atoms with Gasteiger partial charge in [0, 0.05) is 12.1 Å². The first kappa shape index (κ1) is 20.9. The summed E-state index contributed by atoms with van der Waals surface area (Å²) in [6.07, 6.45) is -0.193. The quantitative estimate of drug-likeness (QED) is 0.550. The molecule has 1 atom stereocenters. The van der Waals surface area contributed by atoms with Gasteiger partial charge < -0.3 is 15.6 Å². The van der Waals surface area contributed by atoms with Crippen LogP contribution in [0.15, 0.2) is 42.5 Å². The third-order valence-electron chi connectivity index (χ3n) is 2.97. The third-order valence-corrected chi connectivity index (χ3v) is 2.97. The van der Waals surface area contributed by atoms with Gasteiger partial charge in [0.05, 0.1) is 5.69 Å². The summed E-state index contributed by atoms with van der Waals surface area (Å²) in [4.78, 5) is 3.91. The number of nitrogens with zero attached hydrogens (tertiary/aromatic N) is 1. The van der Waals surface area contributed by atoms with Crippen LogP contribution >= 0.6 is 0 Å². The summed E-state index contributed by atoms with van der Waals surface area (Å²) >= 11 is 0. The number of hydrogen-bond donors (Lipinski definition) is 2. The van der Waals surface area contributed by atoms with Crippen LogP contribution in [0.5, 0.6) is 5.75 Å². The van der Waals surface area contributed by atoms with Crippen LogP contribution in [0.25, 0.3) is 5.57 Å². The van der Waals surface area contributed by atoms with Crippen molar-refractivity contribution in [2.45, 2.75) is 19.2 Å². The second-order valence-electron chi connectivity index (χ2n) is 4.87. The predicted octanol–water partition coefficient (Wildman–Crippen LogP) is 3.50. The van der Waals surface area contributed by atoms with Crippen molar-refractivity contribution in [2.75, 3.05) is 19.8 Å². The lowest BCUT2D eigenvalue weighted by Crippen LogP contribution is -2.22. The molecule has 1 unspecified atom stereocenters. The number of rotatable bonds is 8. The highest BCUT2D eigenvalue weighted by atomic mass is 19.4. The number of hydrogen-bond acceptors (Lipinski definition) is 4. The van der Waals surface area contributed by atoms with Gasteiger partial charge in [0.25, 0.3) is 0 Å². The Morgan fingerprint density at radius 2 is 2.12 bits per heavy atom. The monoisotopic (exact) mass is 360 g/mol. The highest BCUT2D eigenvalue weighted by molar-refractivity contribution is 5.76. The molecular weight excluding hydrogens is 340 g/mol. The summed E-state index contributed by atoms with van der Waals surface area (Å²) < 4.78 is 55.9. The van der Waals surface area contributed by atoms with Crippen LogP contribution in [0, 0.1) is 0 Å². The molecular formula is C17H20F4N2O2. The van der Waals surface area contributed by atoms with Crippen LogP contribution < -0.4 is 10.5 Å². The number of pyridine rings is 1. The lowest BCUT2D eigenvalue weighted by molar-refractivity contribution is -0.208. The Balaban J connectivity index is 3.43. The lowest BCUT2D eigenvalue weighted by Gasteiger charge is -2.17. The number of halogens is 4. The fraction of sp³-hybridized carbons (Fsp3) is 0.353. The maximum atomic E-state index is 12.7. The molecule has 8 heteroatoms. The first-order valence-electron chi connectivity index (χ1n) is 7.49. The summed E-state index contributed by atoms with van der Waals surface area (Å²) in [5, 5.41) is 9.42. The molecule has 1 rings (SSSR count). The fourth-order valence-corrected chi connectivity index (χ4v) is 1.89. The molecule has 1 heterocycles. The molecule has 0 spiro atoms. The summed E-state index contributed by atoms with van der Waals surface area (Å²) in [6, 6.07) is 2.33. The van der Waals surface area contributed by atoms with Crippen molar-refractivity contribution in [1.82, 2.24) is 4.98 Å². The van der Waals surface area contributed by atoms with Crippen molar-refractivity contribution >= 4 is 5.57 Å². The first-order chi connectivity index (χ1) is 11.8. The van der Waals surface area contributed by atoms with E-state index in [-0.39, 0.29) is 24.6 Å². The van der Waals surface area contributed by atoms with Gasteiger partial charge in [-0.05, 0) is 19.1 Å². The molecule has 0 bridgehead atoms. The molecule has 25 heavy (non-hydrogen) atoms. The zero-order valence-electron chi connectivity index (χ0n) is 13.6. The molecule has 1 aromatic rings. The number of allylic oxidation sites excluding steroid dienone is 6. The van der Waals surface area contributed by atoms with E-state index in [0.717, 1.165) is 6.07 Å². The van der Waals surface area contributed by atoms with Gasteiger partial charge in [0.2, 0.25) is 0 Å². The Bertz CT molecular complexity index is 640. The van der Waals surface area contributed by atoms with Gasteiger partial charge in [-0.15, -0.1) is 0 Å². The van der Waals surface area contributed by atoms with Crippen molar-refractivity contribution in [3.05, 3.63) is 53.9 Å². The molecule has 4 nitrogen and oxygen atoms in total. The summed E-state index contributed by atoms with van der Waals surface area (Å²) in [5.41, 5.74) is 5.31. The van der Waals surface area contributed by atoms with E-state index in [1.807, 2.05) is 0 Å². The van der Waals surface area contributed by atoms with Crippen molar-refractivity contribution in [2.24, 2.45) is 5.73 Å². The average molecular weight is 360 g/mol. The van der Waals surface area contributed by atoms with E-state index in [1.165, 1.54) is 24.3 Å². The van der Waals surface area contributed by atoms with Crippen LogP contribution in [-0.2, 0) is 0 Å². The van der Waals surface area contributed by atoms with E-state index < -0.39 is 24.6 Å². The van der Waals surface area contributed by atoms with E-state index in [2.05, 4.69) is 4.98 Å². The summed E-state index contributed by atoms with van der Waals surface area (Å²) in [5.74, 6) is 0.210. The molecule has 0 radical (unpaired) electrons. The number of nitrogens with two attached hydrogens (primary N) is 1. The minimum absolute atomic E-state index is 0.0934. The van der Waals surface area contributed by atoms with Gasteiger partial charge in [-0.3, -0.25) is 0 Å².